The minimum absolute atomic E-state index is 0.0104. The van der Waals surface area contributed by atoms with Crippen LogP contribution < -0.4 is 21.9 Å². The van der Waals surface area contributed by atoms with E-state index in [-0.39, 0.29) is 72.0 Å². The number of carbonyl (C=O) groups is 2. The second kappa shape index (κ2) is 14.7. The summed E-state index contributed by atoms with van der Waals surface area (Å²) in [7, 11) is 0. The average Bonchev–Trinajstić information content (AvgIpc) is 3.83. The first-order chi connectivity index (χ1) is 25.9. The van der Waals surface area contributed by atoms with Gasteiger partial charge in [0.05, 0.1) is 19.3 Å². The number of esters is 2. The molecule has 0 N–H and O–H groups in total. The number of rotatable bonds is 11. The molecule has 4 aromatic heterocycles. The normalized spacial score (nSPS) is 18.9. The van der Waals surface area contributed by atoms with Gasteiger partial charge in [0, 0.05) is 24.3 Å². The quantitative estimate of drug-likeness (QED) is 0.0775. The highest BCUT2D eigenvalue weighted by Gasteiger charge is 2.50. The summed E-state index contributed by atoms with van der Waals surface area (Å²) in [6, 6.07) is 3.70. The largest absolute Gasteiger partial charge is 0.519 e. The zero-order valence-electron chi connectivity index (χ0n) is 31.6. The lowest BCUT2D eigenvalue weighted by molar-refractivity contribution is -0.157. The SMILES string of the molecule is C#C[C@]1(CC)O[C@@H](n2cnc3c(=NCc4oc(=O)oc4C)n(Cc4oc(=O)oc4C)c(F)nc32)C[C@@H]1OC(=O)CC(C)(C)c1c(C)cc(C)cc1OC(C)=O. The number of hydrogen-bond acceptors (Lipinski definition) is 14. The number of ether oxygens (including phenoxy) is 3. The van der Waals surface area contributed by atoms with Gasteiger partial charge < -0.3 is 31.9 Å². The molecule has 0 aliphatic carbocycles. The van der Waals surface area contributed by atoms with Crippen molar-refractivity contribution in [3.63, 3.8) is 0 Å². The van der Waals surface area contributed by atoms with Crippen molar-refractivity contribution in [2.45, 2.75) is 111 Å². The minimum atomic E-state index is -1.36. The first kappa shape index (κ1) is 38.7. The fourth-order valence-electron chi connectivity index (χ4n) is 7.10. The van der Waals surface area contributed by atoms with Crippen LogP contribution in [-0.2, 0) is 37.6 Å². The van der Waals surface area contributed by atoms with Crippen LogP contribution in [0.2, 0.25) is 0 Å². The molecule has 1 aliphatic rings. The minimum Gasteiger partial charge on any atom is -0.458 e. The number of aryl methyl sites for hydroxylation is 4. The Hall–Kier alpha value is -6.02. The molecule has 1 aromatic carbocycles. The Kier molecular flexibility index (Phi) is 10.3. The Morgan fingerprint density at radius 1 is 1.09 bits per heavy atom. The number of halogens is 1. The van der Waals surface area contributed by atoms with Gasteiger partial charge in [0.25, 0.3) is 6.08 Å². The van der Waals surface area contributed by atoms with Gasteiger partial charge in [0.2, 0.25) is 0 Å². The molecule has 5 aromatic rings. The Bertz CT molecular complexity index is 2540. The van der Waals surface area contributed by atoms with E-state index in [1.807, 2.05) is 33.8 Å². The van der Waals surface area contributed by atoms with Gasteiger partial charge in [-0.05, 0) is 51.3 Å². The molecule has 0 unspecified atom stereocenters. The molecule has 16 nitrogen and oxygen atoms in total. The molecule has 0 saturated carbocycles. The highest BCUT2D eigenvalue weighted by atomic mass is 19.1. The second-order valence-electron chi connectivity index (χ2n) is 14.1. The number of imidazole rings is 1. The molecule has 5 heterocycles. The smallest absolute Gasteiger partial charge is 0.458 e. The molecule has 0 amide bonds. The van der Waals surface area contributed by atoms with Crippen molar-refractivity contribution in [3.05, 3.63) is 91.0 Å². The molecule has 1 aliphatic heterocycles. The molecule has 0 spiro atoms. The number of benzene rings is 1. The van der Waals surface area contributed by atoms with Crippen LogP contribution in [0.25, 0.3) is 11.2 Å². The molecule has 0 bridgehead atoms. The van der Waals surface area contributed by atoms with E-state index >= 15 is 4.39 Å². The van der Waals surface area contributed by atoms with Crippen molar-refractivity contribution in [1.29, 1.82) is 0 Å². The molecular weight excluding hydrogens is 721 g/mol. The van der Waals surface area contributed by atoms with Crippen LogP contribution in [0.15, 0.2) is 50.7 Å². The third kappa shape index (κ3) is 7.54. The number of aromatic nitrogens is 4. The third-order valence-corrected chi connectivity index (χ3v) is 9.60. The average molecular weight is 762 g/mol. The number of carbonyl (C=O) groups excluding carboxylic acids is 2. The maximum atomic E-state index is 16.1. The highest BCUT2D eigenvalue weighted by molar-refractivity contribution is 5.74. The van der Waals surface area contributed by atoms with E-state index in [0.29, 0.717) is 11.3 Å². The number of fused-ring (bicyclic) bond motifs is 1. The zero-order valence-corrected chi connectivity index (χ0v) is 31.6. The van der Waals surface area contributed by atoms with Crippen LogP contribution >= 0.6 is 0 Å². The van der Waals surface area contributed by atoms with Gasteiger partial charge in [0.1, 0.15) is 36.1 Å². The van der Waals surface area contributed by atoms with E-state index in [4.69, 9.17) is 38.3 Å². The summed E-state index contributed by atoms with van der Waals surface area (Å²) in [5.41, 5.74) is 0.317. The lowest BCUT2D eigenvalue weighted by atomic mass is 9.78. The van der Waals surface area contributed by atoms with Gasteiger partial charge in [-0.2, -0.15) is 9.37 Å². The van der Waals surface area contributed by atoms with Gasteiger partial charge in [-0.1, -0.05) is 32.8 Å². The monoisotopic (exact) mass is 761 g/mol. The molecule has 290 valence electrons. The van der Waals surface area contributed by atoms with E-state index in [2.05, 4.69) is 20.9 Å². The summed E-state index contributed by atoms with van der Waals surface area (Å²) in [5, 5.41) is 0. The van der Waals surface area contributed by atoms with Crippen LogP contribution in [0, 0.1) is 46.1 Å². The fraction of sp³-hybridized carbons (Fsp3) is 0.447. The predicted octanol–water partition coefficient (Wildman–Crippen LogP) is 4.75. The predicted molar refractivity (Wildman–Crippen MR) is 189 cm³/mol. The molecule has 3 atom stereocenters. The van der Waals surface area contributed by atoms with Gasteiger partial charge in [-0.3, -0.25) is 23.7 Å². The fourth-order valence-corrected chi connectivity index (χ4v) is 7.10. The van der Waals surface area contributed by atoms with E-state index in [1.165, 1.54) is 31.7 Å². The molecule has 55 heavy (non-hydrogen) atoms. The molecule has 17 heteroatoms. The third-order valence-electron chi connectivity index (χ3n) is 9.60. The van der Waals surface area contributed by atoms with Crippen LogP contribution in [-0.4, -0.2) is 42.7 Å². The summed E-state index contributed by atoms with van der Waals surface area (Å²) < 4.78 is 56.7. The van der Waals surface area contributed by atoms with Gasteiger partial charge >= 0.3 is 23.6 Å². The Balaban J connectivity index is 1.34. The maximum absolute atomic E-state index is 16.1. The number of hydrogen-bond donors (Lipinski definition) is 0. The van der Waals surface area contributed by atoms with Crippen molar-refractivity contribution in [2.75, 3.05) is 0 Å². The lowest BCUT2D eigenvalue weighted by Gasteiger charge is -2.31. The maximum Gasteiger partial charge on any atom is 0.519 e. The van der Waals surface area contributed by atoms with Gasteiger partial charge in [0.15, 0.2) is 33.8 Å². The van der Waals surface area contributed by atoms with Gasteiger partial charge in [-0.25, -0.2) is 14.6 Å². The highest BCUT2D eigenvalue weighted by Crippen LogP contribution is 2.43. The summed E-state index contributed by atoms with van der Waals surface area (Å²) in [4.78, 5) is 62.3. The summed E-state index contributed by atoms with van der Waals surface area (Å²) >= 11 is 0. The van der Waals surface area contributed by atoms with Crippen LogP contribution in [0.5, 0.6) is 5.75 Å². The van der Waals surface area contributed by atoms with E-state index in [9.17, 15) is 19.2 Å². The van der Waals surface area contributed by atoms with E-state index in [0.717, 1.165) is 15.7 Å². The first-order valence-electron chi connectivity index (χ1n) is 17.4. The second-order valence-corrected chi connectivity index (χ2v) is 14.1. The molecular formula is C38H40FN5O11. The number of nitrogens with zero attached hydrogens (tertiary/aromatic N) is 5. The van der Waals surface area contributed by atoms with Crippen molar-refractivity contribution in [2.24, 2.45) is 4.99 Å². The topological polar surface area (TPSA) is 197 Å². The summed E-state index contributed by atoms with van der Waals surface area (Å²) in [6.45, 7) is 13.0. The first-order valence-corrected chi connectivity index (χ1v) is 17.4. The van der Waals surface area contributed by atoms with Crippen molar-refractivity contribution < 1.29 is 45.9 Å². The Labute approximate surface area is 312 Å². The van der Waals surface area contributed by atoms with Crippen LogP contribution in [0.3, 0.4) is 0 Å². The standard InChI is InChI=1S/C38H40FN5O11/c1-10-38(11-2)27(54-29(46)15-37(8,9)30-20(4)12-19(3)13-24(30)51-23(7)45)14-28(55-38)44-18-41-31-32(40-16-25-21(5)49-35(47)52-25)43(34(39)42-33(31)44)17-26-22(6)50-36(48)53-26/h1,12-13,18,27-28H,11,14-17H2,2-9H3/t27-,28+,38+/m0/s1. The van der Waals surface area contributed by atoms with Crippen LogP contribution in [0.4, 0.5) is 4.39 Å². The van der Waals surface area contributed by atoms with Crippen molar-refractivity contribution in [1.82, 2.24) is 19.1 Å². The molecule has 0 radical (unpaired) electrons. The Morgan fingerprint density at radius 2 is 1.76 bits per heavy atom. The van der Waals surface area contributed by atoms with Crippen LogP contribution in [0.1, 0.15) is 92.9 Å². The molecule has 1 fully saturated rings. The van der Waals surface area contributed by atoms with Gasteiger partial charge in [-0.15, -0.1) is 6.42 Å². The van der Waals surface area contributed by atoms with Crippen molar-refractivity contribution >= 4 is 23.1 Å². The van der Waals surface area contributed by atoms with E-state index < -0.39 is 53.0 Å². The summed E-state index contributed by atoms with van der Waals surface area (Å²) in [6.07, 6.45) is 4.76. The van der Waals surface area contributed by atoms with Crippen molar-refractivity contribution in [3.8, 4) is 18.1 Å². The van der Waals surface area contributed by atoms with E-state index in [1.54, 1.807) is 13.0 Å². The Morgan fingerprint density at radius 3 is 2.36 bits per heavy atom. The molecule has 6 rings (SSSR count). The molecule has 1 saturated heterocycles. The zero-order chi connectivity index (χ0) is 40.0. The number of terminal acetylenes is 1. The lowest BCUT2D eigenvalue weighted by Crippen LogP contribution is -2.41. The summed E-state index contributed by atoms with van der Waals surface area (Å²) in [5.74, 6) is 0.520.